The van der Waals surface area contributed by atoms with E-state index in [0.717, 1.165) is 43.7 Å². The SMILES string of the molecule is C=CC(=C)CCC(CCCC)CC(/N=C\C)=C(C(=C)N)\C(=N/C)c1ccc(Cc2c(F)c(C)cc(F)c2F)cc1F. The fourth-order valence-electron chi connectivity index (χ4n) is 4.84. The van der Waals surface area contributed by atoms with Gasteiger partial charge in [-0.3, -0.25) is 9.98 Å². The minimum atomic E-state index is -1.28. The van der Waals surface area contributed by atoms with Gasteiger partial charge in [-0.2, -0.15) is 0 Å². The summed E-state index contributed by atoms with van der Waals surface area (Å²) in [7, 11) is 1.53. The molecule has 0 saturated carbocycles. The van der Waals surface area contributed by atoms with E-state index in [9.17, 15) is 13.2 Å². The average Bonchev–Trinajstić information content (AvgIpc) is 2.94. The molecule has 41 heavy (non-hydrogen) atoms. The van der Waals surface area contributed by atoms with E-state index in [1.807, 2.05) is 0 Å². The van der Waals surface area contributed by atoms with Gasteiger partial charge in [0.05, 0.1) is 11.4 Å². The zero-order chi connectivity index (χ0) is 30.7. The number of allylic oxidation sites excluding steroid dienone is 4. The molecule has 0 spiro atoms. The fraction of sp³-hybridized carbons (Fsp3) is 0.353. The molecule has 1 unspecified atom stereocenters. The number of unbranched alkanes of at least 4 members (excludes halogenated alkanes) is 1. The van der Waals surface area contributed by atoms with Crippen molar-refractivity contribution in [1.29, 1.82) is 0 Å². The lowest BCUT2D eigenvalue weighted by atomic mass is 9.87. The standard InChI is InChI=1S/C34H41F4N3/c1-8-11-12-24(14-13-21(4)9-2)20-30(41-10-3)31(23(6)39)34(40-7)26-16-15-25(19-28(26)35)18-27-32(37)22(5)17-29(36)33(27)38/h9-10,15-17,19,24H,2,4,6,8,11-14,18,20,39H2,1,3,5,7H3/b31-30+,40-34-,41-10-. The third-order valence-corrected chi connectivity index (χ3v) is 7.06. The molecule has 220 valence electrons. The quantitative estimate of drug-likeness (QED) is 0.0992. The highest BCUT2D eigenvalue weighted by molar-refractivity contribution is 6.15. The number of nitrogens with zero attached hydrogens (tertiary/aromatic N) is 2. The molecular weight excluding hydrogens is 526 g/mol. The molecule has 2 aromatic rings. The summed E-state index contributed by atoms with van der Waals surface area (Å²) in [4.78, 5) is 9.00. The van der Waals surface area contributed by atoms with Crippen LogP contribution in [0.1, 0.15) is 74.6 Å². The van der Waals surface area contributed by atoms with Crippen LogP contribution in [-0.4, -0.2) is 19.0 Å². The van der Waals surface area contributed by atoms with E-state index >= 15 is 4.39 Å². The second kappa shape index (κ2) is 15.9. The summed E-state index contributed by atoms with van der Waals surface area (Å²) in [6.07, 6.45) is 8.44. The Balaban J connectivity index is 2.54. The topological polar surface area (TPSA) is 50.7 Å². The van der Waals surface area contributed by atoms with Crippen molar-refractivity contribution in [2.75, 3.05) is 7.05 Å². The van der Waals surface area contributed by atoms with Crippen molar-refractivity contribution >= 4 is 11.9 Å². The molecule has 0 saturated heterocycles. The van der Waals surface area contributed by atoms with Crippen LogP contribution in [0.25, 0.3) is 0 Å². The Kier molecular flexibility index (Phi) is 13.0. The predicted molar refractivity (Wildman–Crippen MR) is 163 cm³/mol. The summed E-state index contributed by atoms with van der Waals surface area (Å²) in [5, 5.41) is 0. The molecule has 0 bridgehead atoms. The summed E-state index contributed by atoms with van der Waals surface area (Å²) >= 11 is 0. The van der Waals surface area contributed by atoms with Gasteiger partial charge in [-0.25, -0.2) is 17.6 Å². The Hall–Kier alpha value is -3.74. The van der Waals surface area contributed by atoms with Gasteiger partial charge >= 0.3 is 0 Å². The van der Waals surface area contributed by atoms with E-state index in [2.05, 4.69) is 36.6 Å². The molecular formula is C34H41F4N3. The smallest absolute Gasteiger partial charge is 0.165 e. The monoisotopic (exact) mass is 567 g/mol. The minimum absolute atomic E-state index is 0.0253. The maximum Gasteiger partial charge on any atom is 0.165 e. The van der Waals surface area contributed by atoms with Gasteiger partial charge in [0, 0.05) is 42.1 Å². The van der Waals surface area contributed by atoms with Gasteiger partial charge in [-0.1, -0.05) is 63.6 Å². The van der Waals surface area contributed by atoms with Crippen LogP contribution in [0.2, 0.25) is 0 Å². The molecule has 0 fully saturated rings. The first-order valence-electron chi connectivity index (χ1n) is 13.8. The van der Waals surface area contributed by atoms with Crippen molar-refractivity contribution in [2.45, 2.75) is 65.7 Å². The zero-order valence-electron chi connectivity index (χ0n) is 24.6. The molecule has 0 aromatic heterocycles. The lowest BCUT2D eigenvalue weighted by Gasteiger charge is -2.21. The van der Waals surface area contributed by atoms with Crippen molar-refractivity contribution in [2.24, 2.45) is 21.6 Å². The van der Waals surface area contributed by atoms with Crippen molar-refractivity contribution in [1.82, 2.24) is 0 Å². The van der Waals surface area contributed by atoms with E-state index in [1.54, 1.807) is 19.2 Å². The van der Waals surface area contributed by atoms with Gasteiger partial charge in [0.15, 0.2) is 11.6 Å². The molecule has 3 nitrogen and oxygen atoms in total. The van der Waals surface area contributed by atoms with Crippen LogP contribution in [0.3, 0.4) is 0 Å². The third kappa shape index (κ3) is 8.87. The molecule has 0 heterocycles. The minimum Gasteiger partial charge on any atom is -0.399 e. The molecule has 2 aromatic carbocycles. The van der Waals surface area contributed by atoms with Crippen molar-refractivity contribution in [3.05, 3.63) is 118 Å². The zero-order valence-corrected chi connectivity index (χ0v) is 24.6. The highest BCUT2D eigenvalue weighted by Crippen LogP contribution is 2.31. The number of nitrogens with two attached hydrogens (primary N) is 1. The van der Waals surface area contributed by atoms with Crippen molar-refractivity contribution in [3.63, 3.8) is 0 Å². The van der Waals surface area contributed by atoms with E-state index in [-0.39, 0.29) is 40.4 Å². The number of halogens is 4. The Bertz CT molecular complexity index is 1340. The maximum absolute atomic E-state index is 15.6. The van der Waals surface area contributed by atoms with Gasteiger partial charge in [0.1, 0.15) is 11.6 Å². The van der Waals surface area contributed by atoms with Crippen LogP contribution in [0.4, 0.5) is 17.6 Å². The molecule has 7 heteroatoms. The first kappa shape index (κ1) is 33.5. The van der Waals surface area contributed by atoms with Crippen LogP contribution in [0.15, 0.2) is 82.6 Å². The Morgan fingerprint density at radius 2 is 1.76 bits per heavy atom. The van der Waals surface area contributed by atoms with E-state index < -0.39 is 28.8 Å². The van der Waals surface area contributed by atoms with Crippen LogP contribution < -0.4 is 5.73 Å². The molecule has 2 rings (SSSR count). The first-order valence-corrected chi connectivity index (χ1v) is 13.8. The second-order valence-electron chi connectivity index (χ2n) is 10.2. The lowest BCUT2D eigenvalue weighted by Crippen LogP contribution is -2.17. The van der Waals surface area contributed by atoms with E-state index in [1.165, 1.54) is 32.2 Å². The molecule has 0 radical (unpaired) electrons. The molecule has 0 aliphatic carbocycles. The summed E-state index contributed by atoms with van der Waals surface area (Å²) < 4.78 is 58.5. The first-order chi connectivity index (χ1) is 19.5. The van der Waals surface area contributed by atoms with E-state index in [4.69, 9.17) is 5.73 Å². The van der Waals surface area contributed by atoms with Crippen LogP contribution in [0.5, 0.6) is 0 Å². The number of aryl methyl sites for hydroxylation is 1. The average molecular weight is 568 g/mol. The maximum atomic E-state index is 15.6. The fourth-order valence-corrected chi connectivity index (χ4v) is 4.84. The molecule has 0 amide bonds. The summed E-state index contributed by atoms with van der Waals surface area (Å²) in [5.41, 5.74) is 8.72. The van der Waals surface area contributed by atoms with Crippen molar-refractivity contribution < 1.29 is 17.6 Å². The lowest BCUT2D eigenvalue weighted by molar-refractivity contribution is 0.430. The van der Waals surface area contributed by atoms with Gasteiger partial charge < -0.3 is 5.73 Å². The largest absolute Gasteiger partial charge is 0.399 e. The number of hydrogen-bond donors (Lipinski definition) is 1. The van der Waals surface area contributed by atoms with Crippen molar-refractivity contribution in [3.8, 4) is 0 Å². The van der Waals surface area contributed by atoms with Crippen LogP contribution in [0, 0.1) is 36.1 Å². The number of benzene rings is 2. The van der Waals surface area contributed by atoms with Gasteiger partial charge in [-0.05, 0) is 68.4 Å². The summed E-state index contributed by atoms with van der Waals surface area (Å²) in [5.74, 6) is -3.69. The molecule has 1 atom stereocenters. The Morgan fingerprint density at radius 3 is 2.32 bits per heavy atom. The number of hydrogen-bond acceptors (Lipinski definition) is 3. The molecule has 0 aliphatic heterocycles. The van der Waals surface area contributed by atoms with Crippen LogP contribution in [-0.2, 0) is 6.42 Å². The highest BCUT2D eigenvalue weighted by atomic mass is 19.2. The number of rotatable bonds is 15. The van der Waals surface area contributed by atoms with Gasteiger partial charge in [0.25, 0.3) is 0 Å². The van der Waals surface area contributed by atoms with Gasteiger partial charge in [-0.15, -0.1) is 0 Å². The Labute approximate surface area is 242 Å². The molecule has 2 N–H and O–H groups in total. The molecule has 0 aliphatic rings. The normalized spacial score (nSPS) is 13.3. The van der Waals surface area contributed by atoms with Crippen LogP contribution >= 0.6 is 0 Å². The summed E-state index contributed by atoms with van der Waals surface area (Å²) in [6, 6.07) is 4.99. The van der Waals surface area contributed by atoms with E-state index in [0.29, 0.717) is 17.7 Å². The van der Waals surface area contributed by atoms with Gasteiger partial charge in [0.2, 0.25) is 0 Å². The summed E-state index contributed by atoms with van der Waals surface area (Å²) in [6.45, 7) is 17.1. The highest BCUT2D eigenvalue weighted by Gasteiger charge is 2.23. The predicted octanol–water partition coefficient (Wildman–Crippen LogP) is 9.10. The third-order valence-electron chi connectivity index (χ3n) is 7.06. The second-order valence-corrected chi connectivity index (χ2v) is 10.2. The Morgan fingerprint density at radius 1 is 1.05 bits per heavy atom. The number of aliphatic imine (C=N–C) groups is 2.